The highest BCUT2D eigenvalue weighted by molar-refractivity contribution is 7.80. The van der Waals surface area contributed by atoms with Crippen molar-refractivity contribution < 1.29 is 14.6 Å². The summed E-state index contributed by atoms with van der Waals surface area (Å²) in [4.78, 5) is 18.1. The van der Waals surface area contributed by atoms with Gasteiger partial charge in [-0.2, -0.15) is 0 Å². The highest BCUT2D eigenvalue weighted by atomic mass is 32.1. The van der Waals surface area contributed by atoms with Crippen LogP contribution in [0.2, 0.25) is 0 Å². The Morgan fingerprint density at radius 2 is 2.03 bits per heavy atom. The molecule has 0 saturated carbocycles. The number of nitrogens with zero attached hydrogens (tertiary/aromatic N) is 3. The minimum absolute atomic E-state index is 0.0873. The van der Waals surface area contributed by atoms with Gasteiger partial charge in [-0.3, -0.25) is 4.98 Å². The second-order valence-corrected chi connectivity index (χ2v) is 8.46. The predicted molar refractivity (Wildman–Crippen MR) is 124 cm³/mol. The minimum Gasteiger partial charge on any atom is -0.478 e. The molecule has 1 aromatic carbocycles. The lowest BCUT2D eigenvalue weighted by molar-refractivity contribution is 0.0697. The third kappa shape index (κ3) is 3.87. The van der Waals surface area contributed by atoms with Gasteiger partial charge in [0.15, 0.2) is 5.11 Å². The second kappa shape index (κ2) is 8.72. The molecule has 0 amide bonds. The molecule has 2 aromatic heterocycles. The van der Waals surface area contributed by atoms with Gasteiger partial charge in [-0.15, -0.1) is 0 Å². The van der Waals surface area contributed by atoms with Crippen molar-refractivity contribution in [3.63, 3.8) is 0 Å². The number of ether oxygens (including phenoxy) is 1. The number of carboxylic acids is 1. The first-order valence-electron chi connectivity index (χ1n) is 10.7. The van der Waals surface area contributed by atoms with E-state index in [1.54, 1.807) is 18.3 Å². The van der Waals surface area contributed by atoms with Crippen LogP contribution >= 0.6 is 12.2 Å². The minimum atomic E-state index is -0.937. The van der Waals surface area contributed by atoms with E-state index >= 15 is 0 Å². The first kappa shape index (κ1) is 20.7. The average molecular weight is 449 g/mol. The highest BCUT2D eigenvalue weighted by Gasteiger charge is 2.42. The molecule has 0 radical (unpaired) electrons. The number of aromatic carboxylic acids is 1. The third-order valence-corrected chi connectivity index (χ3v) is 6.45. The molecule has 5 rings (SSSR count). The van der Waals surface area contributed by atoms with Crippen molar-refractivity contribution in [2.24, 2.45) is 0 Å². The average Bonchev–Trinajstić information content (AvgIpc) is 3.56. The van der Waals surface area contributed by atoms with Gasteiger partial charge < -0.3 is 24.6 Å². The molecule has 3 atom stereocenters. The molecule has 2 N–H and O–H groups in total. The molecule has 0 bridgehead atoms. The van der Waals surface area contributed by atoms with Gasteiger partial charge in [-0.25, -0.2) is 4.79 Å². The quantitative estimate of drug-likeness (QED) is 0.557. The summed E-state index contributed by atoms with van der Waals surface area (Å²) >= 11 is 5.77. The topological polar surface area (TPSA) is 79.6 Å². The number of aromatic nitrogens is 2. The summed E-state index contributed by atoms with van der Waals surface area (Å²) in [6.07, 6.45) is 6.03. The zero-order valence-corrected chi connectivity index (χ0v) is 18.2. The largest absolute Gasteiger partial charge is 0.478 e. The zero-order valence-electron chi connectivity index (χ0n) is 17.4. The molecule has 32 heavy (non-hydrogen) atoms. The Morgan fingerprint density at radius 3 is 2.72 bits per heavy atom. The second-order valence-electron chi connectivity index (χ2n) is 8.07. The molecule has 2 fully saturated rings. The maximum absolute atomic E-state index is 11.3. The van der Waals surface area contributed by atoms with E-state index in [-0.39, 0.29) is 23.8 Å². The molecule has 0 aliphatic carbocycles. The van der Waals surface area contributed by atoms with Crippen LogP contribution in [0.25, 0.3) is 5.69 Å². The summed E-state index contributed by atoms with van der Waals surface area (Å²) in [6, 6.07) is 16.7. The van der Waals surface area contributed by atoms with Crippen molar-refractivity contribution in [3.8, 4) is 5.69 Å². The fourth-order valence-electron chi connectivity index (χ4n) is 4.57. The SMILES string of the molecule is O=C(O)c1ccc(-n2cccc2[C@H]2[C@H](c3ccccn3)NC(=S)N2C[C@@H]2CCCO2)cc1. The van der Waals surface area contributed by atoms with Gasteiger partial charge in [0, 0.05) is 36.9 Å². The number of nitrogens with one attached hydrogen (secondary N) is 1. The summed E-state index contributed by atoms with van der Waals surface area (Å²) in [5, 5.41) is 13.4. The Morgan fingerprint density at radius 1 is 1.19 bits per heavy atom. The van der Waals surface area contributed by atoms with Gasteiger partial charge in [-0.05, 0) is 73.6 Å². The maximum atomic E-state index is 11.3. The number of hydrogen-bond donors (Lipinski definition) is 2. The van der Waals surface area contributed by atoms with Crippen molar-refractivity contribution in [2.45, 2.75) is 31.0 Å². The number of thiocarbonyl (C=S) groups is 1. The van der Waals surface area contributed by atoms with Crippen molar-refractivity contribution in [1.29, 1.82) is 0 Å². The Kier molecular flexibility index (Phi) is 5.63. The predicted octanol–water partition coefficient (Wildman–Crippen LogP) is 3.72. The van der Waals surface area contributed by atoms with Gasteiger partial charge in [0.2, 0.25) is 0 Å². The molecule has 2 aliphatic rings. The number of carbonyl (C=O) groups is 1. The molecule has 0 unspecified atom stereocenters. The number of rotatable bonds is 6. The number of hydrogen-bond acceptors (Lipinski definition) is 4. The Bertz CT molecular complexity index is 1110. The van der Waals surface area contributed by atoms with Crippen LogP contribution in [0.4, 0.5) is 0 Å². The molecule has 7 nitrogen and oxygen atoms in total. The summed E-state index contributed by atoms with van der Waals surface area (Å²) in [5.74, 6) is -0.937. The van der Waals surface area contributed by atoms with Gasteiger partial charge in [0.1, 0.15) is 0 Å². The zero-order chi connectivity index (χ0) is 22.1. The summed E-state index contributed by atoms with van der Waals surface area (Å²) in [7, 11) is 0. The van der Waals surface area contributed by atoms with Crippen LogP contribution < -0.4 is 5.32 Å². The fourth-order valence-corrected chi connectivity index (χ4v) is 4.88. The fraction of sp³-hybridized carbons (Fsp3) is 0.292. The van der Waals surface area contributed by atoms with Crippen molar-refractivity contribution in [1.82, 2.24) is 19.8 Å². The standard InChI is InChI=1S/C24H24N4O3S/c29-23(30)16-8-10-17(11-9-16)27-13-3-7-20(27)22-21(19-6-1-2-12-25-19)26-24(32)28(22)15-18-5-4-14-31-18/h1-3,6-13,18,21-22H,4-5,14-15H2,(H,26,32)(H,29,30)/t18-,21-,22-/m0/s1. The third-order valence-electron chi connectivity index (χ3n) is 6.10. The first-order valence-corrected chi connectivity index (χ1v) is 11.1. The van der Waals surface area contributed by atoms with Crippen LogP contribution in [0.3, 0.4) is 0 Å². The van der Waals surface area contributed by atoms with E-state index in [0.29, 0.717) is 11.7 Å². The molecular formula is C24H24N4O3S. The molecular weight excluding hydrogens is 424 g/mol. The van der Waals surface area contributed by atoms with Crippen LogP contribution in [0, 0.1) is 0 Å². The molecule has 164 valence electrons. The molecule has 8 heteroatoms. The number of benzene rings is 1. The number of carboxylic acid groups (broad SMARTS) is 1. The first-order chi connectivity index (χ1) is 15.6. The molecule has 2 saturated heterocycles. The summed E-state index contributed by atoms with van der Waals surface area (Å²) in [5.41, 5.74) is 3.12. The Labute approximate surface area is 191 Å². The smallest absolute Gasteiger partial charge is 0.335 e. The van der Waals surface area contributed by atoms with Crippen LogP contribution in [0.15, 0.2) is 67.0 Å². The van der Waals surface area contributed by atoms with Gasteiger partial charge in [0.05, 0.1) is 29.4 Å². The monoisotopic (exact) mass is 448 g/mol. The molecule has 4 heterocycles. The van der Waals surface area contributed by atoms with Crippen LogP contribution in [-0.2, 0) is 4.74 Å². The van der Waals surface area contributed by atoms with E-state index in [9.17, 15) is 9.90 Å². The van der Waals surface area contributed by atoms with E-state index in [0.717, 1.165) is 36.5 Å². The summed E-state index contributed by atoms with van der Waals surface area (Å²) in [6.45, 7) is 1.50. The van der Waals surface area contributed by atoms with Crippen LogP contribution in [-0.4, -0.2) is 49.9 Å². The lowest BCUT2D eigenvalue weighted by atomic mass is 10.0. The Hall–Kier alpha value is -3.23. The van der Waals surface area contributed by atoms with E-state index in [1.165, 1.54) is 0 Å². The maximum Gasteiger partial charge on any atom is 0.335 e. The van der Waals surface area contributed by atoms with Crippen molar-refractivity contribution in [3.05, 3.63) is 83.9 Å². The highest BCUT2D eigenvalue weighted by Crippen LogP contribution is 2.40. The summed E-state index contributed by atoms with van der Waals surface area (Å²) < 4.78 is 8.00. The number of pyridine rings is 1. The van der Waals surface area contributed by atoms with E-state index in [1.807, 2.05) is 42.6 Å². The van der Waals surface area contributed by atoms with Gasteiger partial charge >= 0.3 is 5.97 Å². The van der Waals surface area contributed by atoms with Crippen molar-refractivity contribution in [2.75, 3.05) is 13.2 Å². The van der Waals surface area contributed by atoms with E-state index in [2.05, 4.69) is 25.8 Å². The molecule has 3 aromatic rings. The normalized spacial score (nSPS) is 22.8. The lowest BCUT2D eigenvalue weighted by Gasteiger charge is -2.30. The molecule has 2 aliphatic heterocycles. The molecule has 0 spiro atoms. The lowest BCUT2D eigenvalue weighted by Crippen LogP contribution is -2.36. The van der Waals surface area contributed by atoms with Gasteiger partial charge in [-0.1, -0.05) is 6.07 Å². The van der Waals surface area contributed by atoms with E-state index < -0.39 is 5.97 Å². The van der Waals surface area contributed by atoms with Crippen LogP contribution in [0.1, 0.15) is 46.7 Å². The Balaban J connectivity index is 1.55. The van der Waals surface area contributed by atoms with Crippen molar-refractivity contribution >= 4 is 23.3 Å². The van der Waals surface area contributed by atoms with Gasteiger partial charge in [0.25, 0.3) is 0 Å². The van der Waals surface area contributed by atoms with E-state index in [4.69, 9.17) is 17.0 Å². The van der Waals surface area contributed by atoms with Crippen LogP contribution in [0.5, 0.6) is 0 Å².